The molecule has 1 aliphatic rings. The molecule has 1 N–H and O–H groups in total. The second-order valence-corrected chi connectivity index (χ2v) is 9.90. The second kappa shape index (κ2) is 11.6. The molecule has 0 radical (unpaired) electrons. The standard InChI is InChI=1S/C29H31ClN6O2/c1-20-7-10-23(11-8-20)32-29(37)35(24-5-3-4-6-24)17-18-36-28(22-9-12-26(38-2)25(30)19-22)33-27(34-36)21-13-15-31-16-14-21/h7-16,19,24H,3-6,17-18H2,1-2H3,(H,32,37). The number of amides is 2. The van der Waals surface area contributed by atoms with Gasteiger partial charge in [-0.3, -0.25) is 4.98 Å². The molecule has 0 saturated heterocycles. The van der Waals surface area contributed by atoms with Crippen molar-refractivity contribution in [2.45, 2.75) is 45.2 Å². The molecular weight excluding hydrogens is 500 g/mol. The molecule has 1 saturated carbocycles. The Bertz CT molecular complexity index is 1380. The first-order valence-electron chi connectivity index (χ1n) is 12.9. The van der Waals surface area contributed by atoms with Crippen LogP contribution in [0.2, 0.25) is 5.02 Å². The molecule has 196 valence electrons. The number of aryl methyl sites for hydroxylation is 1. The summed E-state index contributed by atoms with van der Waals surface area (Å²) in [7, 11) is 1.59. The number of pyridine rings is 1. The minimum Gasteiger partial charge on any atom is -0.495 e. The van der Waals surface area contributed by atoms with Crippen LogP contribution in [-0.4, -0.2) is 50.4 Å². The number of carbonyl (C=O) groups excluding carboxylic acids is 1. The number of anilines is 1. The van der Waals surface area contributed by atoms with E-state index in [4.69, 9.17) is 26.4 Å². The van der Waals surface area contributed by atoms with E-state index in [9.17, 15) is 4.79 Å². The van der Waals surface area contributed by atoms with E-state index in [1.807, 2.05) is 71.1 Å². The summed E-state index contributed by atoms with van der Waals surface area (Å²) in [6.07, 6.45) is 7.70. The zero-order chi connectivity index (χ0) is 26.5. The van der Waals surface area contributed by atoms with Crippen molar-refractivity contribution in [3.63, 3.8) is 0 Å². The number of aromatic nitrogens is 4. The van der Waals surface area contributed by atoms with Crippen LogP contribution in [0.4, 0.5) is 10.5 Å². The number of nitrogens with zero attached hydrogens (tertiary/aromatic N) is 5. The number of rotatable bonds is 8. The Morgan fingerprint density at radius 3 is 2.50 bits per heavy atom. The Kier molecular flexibility index (Phi) is 7.89. The molecular formula is C29H31ClN6O2. The number of benzene rings is 2. The van der Waals surface area contributed by atoms with Crippen LogP contribution in [0.25, 0.3) is 22.8 Å². The van der Waals surface area contributed by atoms with E-state index in [-0.39, 0.29) is 12.1 Å². The van der Waals surface area contributed by atoms with Gasteiger partial charge < -0.3 is 15.0 Å². The van der Waals surface area contributed by atoms with Gasteiger partial charge in [-0.15, -0.1) is 0 Å². The molecule has 2 aromatic heterocycles. The number of carbonyl (C=O) groups is 1. The van der Waals surface area contributed by atoms with Crippen molar-refractivity contribution in [2.24, 2.45) is 0 Å². The smallest absolute Gasteiger partial charge is 0.322 e. The molecule has 0 bridgehead atoms. The van der Waals surface area contributed by atoms with Crippen molar-refractivity contribution in [2.75, 3.05) is 19.0 Å². The predicted molar refractivity (Wildman–Crippen MR) is 149 cm³/mol. The molecule has 0 aliphatic heterocycles. The number of hydrogen-bond donors (Lipinski definition) is 1. The van der Waals surface area contributed by atoms with E-state index < -0.39 is 0 Å². The lowest BCUT2D eigenvalue weighted by atomic mass is 10.2. The molecule has 1 fully saturated rings. The third-order valence-electron chi connectivity index (χ3n) is 6.90. The maximum atomic E-state index is 13.4. The average molecular weight is 531 g/mol. The van der Waals surface area contributed by atoms with Gasteiger partial charge in [0.05, 0.1) is 18.7 Å². The van der Waals surface area contributed by atoms with Gasteiger partial charge in [0, 0.05) is 41.8 Å². The highest BCUT2D eigenvalue weighted by atomic mass is 35.5. The number of nitrogens with one attached hydrogen (secondary N) is 1. The fraction of sp³-hybridized carbons (Fsp3) is 0.310. The minimum atomic E-state index is -0.0933. The van der Waals surface area contributed by atoms with Crippen molar-refractivity contribution in [3.05, 3.63) is 77.6 Å². The summed E-state index contributed by atoms with van der Waals surface area (Å²) in [4.78, 5) is 24.3. The van der Waals surface area contributed by atoms with Crippen LogP contribution in [-0.2, 0) is 6.54 Å². The molecule has 1 aliphatic carbocycles. The SMILES string of the molecule is COc1ccc(-c2nc(-c3ccncc3)nn2CCN(C(=O)Nc2ccc(C)cc2)C2CCCC2)cc1Cl. The molecule has 8 nitrogen and oxygen atoms in total. The lowest BCUT2D eigenvalue weighted by Gasteiger charge is -2.29. The molecule has 2 amide bonds. The highest BCUT2D eigenvalue weighted by Crippen LogP contribution is 2.31. The molecule has 0 spiro atoms. The predicted octanol–water partition coefficient (Wildman–Crippen LogP) is 6.45. The van der Waals surface area contributed by atoms with Gasteiger partial charge in [-0.2, -0.15) is 5.10 Å². The fourth-order valence-corrected chi connectivity index (χ4v) is 5.10. The van der Waals surface area contributed by atoms with Crippen LogP contribution >= 0.6 is 11.6 Å². The normalized spacial score (nSPS) is 13.4. The Hall–Kier alpha value is -3.91. The lowest BCUT2D eigenvalue weighted by Crippen LogP contribution is -2.43. The summed E-state index contributed by atoms with van der Waals surface area (Å²) in [6.45, 7) is 3.01. The van der Waals surface area contributed by atoms with Gasteiger partial charge in [0.2, 0.25) is 0 Å². The quantitative estimate of drug-likeness (QED) is 0.283. The van der Waals surface area contributed by atoms with Gasteiger partial charge >= 0.3 is 6.03 Å². The van der Waals surface area contributed by atoms with Crippen LogP contribution in [0.3, 0.4) is 0 Å². The largest absolute Gasteiger partial charge is 0.495 e. The summed E-state index contributed by atoms with van der Waals surface area (Å²) < 4.78 is 7.18. The maximum absolute atomic E-state index is 13.4. The van der Waals surface area contributed by atoms with Gasteiger partial charge in [-0.05, 0) is 62.2 Å². The van der Waals surface area contributed by atoms with Crippen LogP contribution in [0.5, 0.6) is 5.75 Å². The molecule has 2 aromatic carbocycles. The number of urea groups is 1. The topological polar surface area (TPSA) is 85.2 Å². The Morgan fingerprint density at radius 1 is 1.08 bits per heavy atom. The highest BCUT2D eigenvalue weighted by Gasteiger charge is 2.27. The number of halogens is 1. The van der Waals surface area contributed by atoms with E-state index >= 15 is 0 Å². The maximum Gasteiger partial charge on any atom is 0.322 e. The van der Waals surface area contributed by atoms with Crippen molar-refractivity contribution in [1.82, 2.24) is 24.6 Å². The van der Waals surface area contributed by atoms with Gasteiger partial charge in [-0.25, -0.2) is 14.5 Å². The van der Waals surface area contributed by atoms with E-state index in [0.29, 0.717) is 35.5 Å². The van der Waals surface area contributed by atoms with Crippen molar-refractivity contribution >= 4 is 23.3 Å². The van der Waals surface area contributed by atoms with Crippen molar-refractivity contribution < 1.29 is 9.53 Å². The number of hydrogen-bond acceptors (Lipinski definition) is 5. The number of methoxy groups -OCH3 is 1. The first kappa shape index (κ1) is 25.7. The van der Waals surface area contributed by atoms with Gasteiger partial charge in [-0.1, -0.05) is 42.1 Å². The van der Waals surface area contributed by atoms with Crippen LogP contribution in [0.1, 0.15) is 31.2 Å². The summed E-state index contributed by atoms with van der Waals surface area (Å²) in [5.74, 6) is 1.86. The van der Waals surface area contributed by atoms with Gasteiger partial charge in [0.25, 0.3) is 0 Å². The van der Waals surface area contributed by atoms with Crippen molar-refractivity contribution in [1.29, 1.82) is 0 Å². The Balaban J connectivity index is 1.43. The molecule has 2 heterocycles. The summed E-state index contributed by atoms with van der Waals surface area (Å²) in [6, 6.07) is 17.3. The van der Waals surface area contributed by atoms with E-state index in [1.165, 1.54) is 0 Å². The van der Waals surface area contributed by atoms with Gasteiger partial charge in [0.1, 0.15) is 5.75 Å². The van der Waals surface area contributed by atoms with Crippen LogP contribution < -0.4 is 10.1 Å². The summed E-state index contributed by atoms with van der Waals surface area (Å²) in [5.41, 5.74) is 3.63. The fourth-order valence-electron chi connectivity index (χ4n) is 4.84. The first-order valence-corrected chi connectivity index (χ1v) is 13.2. The molecule has 38 heavy (non-hydrogen) atoms. The molecule has 0 atom stereocenters. The summed E-state index contributed by atoms with van der Waals surface area (Å²) in [5, 5.41) is 8.40. The van der Waals surface area contributed by atoms with Crippen LogP contribution in [0, 0.1) is 6.92 Å². The van der Waals surface area contributed by atoms with Crippen molar-refractivity contribution in [3.8, 4) is 28.5 Å². The Morgan fingerprint density at radius 2 is 1.82 bits per heavy atom. The summed E-state index contributed by atoms with van der Waals surface area (Å²) >= 11 is 6.45. The third-order valence-corrected chi connectivity index (χ3v) is 7.20. The first-order chi connectivity index (χ1) is 18.5. The minimum absolute atomic E-state index is 0.0933. The van der Waals surface area contributed by atoms with E-state index in [1.54, 1.807) is 19.5 Å². The van der Waals surface area contributed by atoms with E-state index in [2.05, 4.69) is 10.3 Å². The zero-order valence-corrected chi connectivity index (χ0v) is 22.4. The Labute approximate surface area is 227 Å². The molecule has 5 rings (SSSR count). The van der Waals surface area contributed by atoms with E-state index in [0.717, 1.165) is 48.1 Å². The average Bonchev–Trinajstić information content (AvgIpc) is 3.62. The second-order valence-electron chi connectivity index (χ2n) is 9.50. The monoisotopic (exact) mass is 530 g/mol. The van der Waals surface area contributed by atoms with Gasteiger partial charge in [0.15, 0.2) is 11.6 Å². The molecule has 4 aromatic rings. The lowest BCUT2D eigenvalue weighted by molar-refractivity contribution is 0.184. The molecule has 9 heteroatoms. The van der Waals surface area contributed by atoms with Crippen LogP contribution in [0.15, 0.2) is 67.0 Å². The third kappa shape index (κ3) is 5.81. The molecule has 0 unspecified atom stereocenters. The zero-order valence-electron chi connectivity index (χ0n) is 21.6. The highest BCUT2D eigenvalue weighted by molar-refractivity contribution is 6.32. The number of ether oxygens (including phenoxy) is 1.